The molecule has 1 atom stereocenters. The molecule has 0 fully saturated rings. The van der Waals surface area contributed by atoms with Gasteiger partial charge in [-0.25, -0.2) is 0 Å². The second-order valence-corrected chi connectivity index (χ2v) is 8.82. The third-order valence-corrected chi connectivity index (χ3v) is 8.00. The topological polar surface area (TPSA) is 0 Å². The first-order chi connectivity index (χ1) is 7.38. The van der Waals surface area contributed by atoms with Gasteiger partial charge in [-0.3, -0.25) is 0 Å². The number of benzene rings is 1. The zero-order valence-electron chi connectivity index (χ0n) is 9.50. The Balaban J connectivity index is 0.000000722. The zero-order valence-corrected chi connectivity index (χ0v) is 13.5. The summed E-state index contributed by atoms with van der Waals surface area (Å²) in [6.45, 7) is 0. The number of allylic oxidation sites excluding steroid dienone is 4. The number of hydrogen-bond donors (Lipinski definition) is 0. The normalized spacial score (nSPS) is 23.8. The van der Waals surface area contributed by atoms with Gasteiger partial charge in [0, 0.05) is 0 Å². The summed E-state index contributed by atoms with van der Waals surface area (Å²) >= 11 is -0.438. The number of fused-ring (bicyclic) bond motifs is 1. The van der Waals surface area contributed by atoms with Crippen LogP contribution in [-0.2, 0) is 29.7 Å². The molecule has 17 heavy (non-hydrogen) atoms. The van der Waals surface area contributed by atoms with Gasteiger partial charge in [-0.2, -0.15) is 0 Å². The molecule has 0 bridgehead atoms. The molecular formula is C14H14Cl2Zr. The van der Waals surface area contributed by atoms with Gasteiger partial charge in [0.15, 0.2) is 0 Å². The minimum absolute atomic E-state index is 0. The van der Waals surface area contributed by atoms with Gasteiger partial charge in [0.1, 0.15) is 0 Å². The van der Waals surface area contributed by atoms with Gasteiger partial charge in [0.25, 0.3) is 0 Å². The molecule has 1 aromatic rings. The second kappa shape index (κ2) is 6.36. The Bertz CT molecular complexity index is 440. The molecule has 1 aliphatic heterocycles. The van der Waals surface area contributed by atoms with Crippen LogP contribution in [0.2, 0.25) is 3.12 Å². The SMILES string of the molecule is C1=CC[C]2(C=C1)CCc1cccc[c]1[Zr+2]2.[Cl-].[Cl-]. The van der Waals surface area contributed by atoms with Gasteiger partial charge in [-0.15, -0.1) is 0 Å². The molecule has 1 aromatic carbocycles. The molecule has 88 valence electrons. The van der Waals surface area contributed by atoms with Gasteiger partial charge in [-0.1, -0.05) is 0 Å². The van der Waals surface area contributed by atoms with E-state index < -0.39 is 23.2 Å². The minimum Gasteiger partial charge on any atom is -1.00 e. The maximum absolute atomic E-state index is 2.50. The molecule has 0 amide bonds. The van der Waals surface area contributed by atoms with E-state index in [0.29, 0.717) is 3.12 Å². The Morgan fingerprint density at radius 1 is 1.06 bits per heavy atom. The van der Waals surface area contributed by atoms with Gasteiger partial charge in [0.05, 0.1) is 0 Å². The number of aryl methyl sites for hydroxylation is 1. The predicted octanol–water partition coefficient (Wildman–Crippen LogP) is -2.98. The fourth-order valence-electron chi connectivity index (χ4n) is 2.49. The van der Waals surface area contributed by atoms with Crippen LogP contribution in [0.3, 0.4) is 0 Å². The van der Waals surface area contributed by atoms with Crippen LogP contribution in [0.15, 0.2) is 48.6 Å². The van der Waals surface area contributed by atoms with Crippen LogP contribution in [0, 0.1) is 0 Å². The minimum atomic E-state index is -0.438. The average Bonchev–Trinajstić information content (AvgIpc) is 2.30. The van der Waals surface area contributed by atoms with Crippen LogP contribution in [0.5, 0.6) is 0 Å². The number of hydrogen-bond acceptors (Lipinski definition) is 0. The average molecular weight is 344 g/mol. The van der Waals surface area contributed by atoms with Crippen molar-refractivity contribution in [3.05, 3.63) is 54.1 Å². The van der Waals surface area contributed by atoms with E-state index in [1.807, 2.05) is 0 Å². The van der Waals surface area contributed by atoms with Crippen LogP contribution in [0.4, 0.5) is 0 Å². The van der Waals surface area contributed by atoms with Crippen LogP contribution in [0.25, 0.3) is 0 Å². The molecule has 2 aliphatic rings. The second-order valence-electron chi connectivity index (χ2n) is 4.43. The van der Waals surface area contributed by atoms with Gasteiger partial charge < -0.3 is 24.8 Å². The van der Waals surface area contributed by atoms with Crippen LogP contribution >= 0.6 is 0 Å². The Kier molecular flexibility index (Phi) is 5.70. The summed E-state index contributed by atoms with van der Waals surface area (Å²) < 4.78 is 2.33. The van der Waals surface area contributed by atoms with Crippen molar-refractivity contribution in [1.82, 2.24) is 0 Å². The summed E-state index contributed by atoms with van der Waals surface area (Å²) in [7, 11) is 0. The standard InChI is InChI=1S/C14H14.2ClH.Zr/c1-3-7-13(8-4-1)11-12-14-9-5-2-6-10-14;;;/h1-7,9H,8,11-12H2;2*1H;/q;;;+2/p-2. The third-order valence-electron chi connectivity index (χ3n) is 3.39. The van der Waals surface area contributed by atoms with Gasteiger partial charge in [0.2, 0.25) is 0 Å². The summed E-state index contributed by atoms with van der Waals surface area (Å²) in [5.41, 5.74) is 1.64. The maximum atomic E-state index is 2.50. The Hall–Kier alpha value is 0.163. The summed E-state index contributed by atoms with van der Waals surface area (Å²) in [4.78, 5) is 0. The first-order valence-electron chi connectivity index (χ1n) is 5.58. The Labute approximate surface area is 127 Å². The van der Waals surface area contributed by atoms with Crippen molar-refractivity contribution in [2.45, 2.75) is 22.4 Å². The largest absolute Gasteiger partial charge is 1.00 e. The Morgan fingerprint density at radius 3 is 2.65 bits per heavy atom. The maximum Gasteiger partial charge on any atom is -1.00 e. The van der Waals surface area contributed by atoms with Crippen molar-refractivity contribution < 1.29 is 48.0 Å². The first kappa shape index (κ1) is 15.2. The molecule has 1 unspecified atom stereocenters. The van der Waals surface area contributed by atoms with Gasteiger partial charge >= 0.3 is 103 Å². The molecule has 3 heteroatoms. The summed E-state index contributed by atoms with van der Waals surface area (Å²) in [5, 5.41) is 0. The molecule has 1 aliphatic carbocycles. The van der Waals surface area contributed by atoms with Gasteiger partial charge in [-0.05, 0) is 0 Å². The molecule has 0 aromatic heterocycles. The van der Waals surface area contributed by atoms with Crippen molar-refractivity contribution in [3.8, 4) is 0 Å². The molecule has 0 radical (unpaired) electrons. The monoisotopic (exact) mass is 342 g/mol. The fraction of sp³-hybridized carbons (Fsp3) is 0.286. The van der Waals surface area contributed by atoms with E-state index in [9.17, 15) is 0 Å². The quantitative estimate of drug-likeness (QED) is 0.471. The van der Waals surface area contributed by atoms with E-state index in [0.717, 1.165) is 0 Å². The zero-order chi connectivity index (χ0) is 10.1. The number of rotatable bonds is 0. The van der Waals surface area contributed by atoms with E-state index >= 15 is 0 Å². The van der Waals surface area contributed by atoms with Crippen molar-refractivity contribution in [2.24, 2.45) is 0 Å². The molecule has 0 saturated carbocycles. The van der Waals surface area contributed by atoms with E-state index in [2.05, 4.69) is 48.6 Å². The van der Waals surface area contributed by atoms with E-state index in [4.69, 9.17) is 0 Å². The molecule has 0 saturated heterocycles. The number of halogens is 2. The smallest absolute Gasteiger partial charge is 1.00 e. The van der Waals surface area contributed by atoms with Crippen molar-refractivity contribution in [3.63, 3.8) is 0 Å². The summed E-state index contributed by atoms with van der Waals surface area (Å²) in [6, 6.07) is 9.09. The van der Waals surface area contributed by atoms with Crippen LogP contribution in [0.1, 0.15) is 18.4 Å². The van der Waals surface area contributed by atoms with E-state index in [1.165, 1.54) is 19.3 Å². The van der Waals surface area contributed by atoms with Crippen molar-refractivity contribution in [1.29, 1.82) is 0 Å². The summed E-state index contributed by atoms with van der Waals surface area (Å²) in [5.74, 6) is 0. The Morgan fingerprint density at radius 2 is 1.88 bits per heavy atom. The predicted molar refractivity (Wildman–Crippen MR) is 60.0 cm³/mol. The van der Waals surface area contributed by atoms with Crippen molar-refractivity contribution in [2.75, 3.05) is 0 Å². The summed E-state index contributed by atoms with van der Waals surface area (Å²) in [6.07, 6.45) is 13.3. The fourth-order valence-corrected chi connectivity index (χ4v) is 6.75. The molecule has 1 heterocycles. The first-order valence-corrected chi connectivity index (χ1v) is 8.04. The van der Waals surface area contributed by atoms with E-state index in [-0.39, 0.29) is 24.8 Å². The van der Waals surface area contributed by atoms with Crippen LogP contribution < -0.4 is 28.1 Å². The molecule has 3 rings (SSSR count). The van der Waals surface area contributed by atoms with E-state index in [1.54, 1.807) is 8.83 Å². The molecule has 1 spiro atoms. The van der Waals surface area contributed by atoms with Crippen molar-refractivity contribution >= 4 is 3.27 Å². The van der Waals surface area contributed by atoms with Crippen LogP contribution in [-0.4, -0.2) is 0 Å². The third kappa shape index (κ3) is 3.13. The molecule has 0 nitrogen and oxygen atoms in total. The molecule has 0 N–H and O–H groups in total. The molecular weight excluding hydrogens is 330 g/mol.